The summed E-state index contributed by atoms with van der Waals surface area (Å²) in [7, 11) is 0. The predicted octanol–water partition coefficient (Wildman–Crippen LogP) is 4.18. The summed E-state index contributed by atoms with van der Waals surface area (Å²) in [5.74, 6) is -1.98. The molecule has 1 unspecified atom stereocenters. The van der Waals surface area contributed by atoms with Crippen molar-refractivity contribution in [1.82, 2.24) is 10.2 Å². The van der Waals surface area contributed by atoms with E-state index in [1.807, 2.05) is 20.8 Å². The van der Waals surface area contributed by atoms with E-state index in [1.54, 1.807) is 24.3 Å². The number of benzene rings is 2. The Balaban J connectivity index is 1.77. The first kappa shape index (κ1) is 21.6. The minimum atomic E-state index is -1.84. The number of aromatic nitrogens is 2. The van der Waals surface area contributed by atoms with Crippen molar-refractivity contribution in [1.29, 1.82) is 0 Å². The number of carbonyl (C=O) groups is 2. The number of hydrogen-bond donors (Lipinski definition) is 0. The minimum absolute atomic E-state index is 0.0429. The molecule has 0 saturated heterocycles. The maximum Gasteiger partial charge on any atom is 0.297 e. The van der Waals surface area contributed by atoms with Gasteiger partial charge in [-0.1, -0.05) is 43.4 Å². The molecule has 2 aliphatic rings. The van der Waals surface area contributed by atoms with Crippen molar-refractivity contribution < 1.29 is 18.4 Å². The van der Waals surface area contributed by atoms with Crippen LogP contribution in [0.2, 0.25) is 0 Å². The van der Waals surface area contributed by atoms with Gasteiger partial charge in [-0.25, -0.2) is 4.39 Å². The van der Waals surface area contributed by atoms with E-state index >= 15 is 0 Å². The highest BCUT2D eigenvalue weighted by Gasteiger charge is 2.66. The zero-order chi connectivity index (χ0) is 24.6. The molecule has 0 radical (unpaired) electrons. The fourth-order valence-electron chi connectivity index (χ4n) is 5.00. The van der Waals surface area contributed by atoms with Crippen LogP contribution in [0.4, 0.5) is 15.2 Å². The maximum atomic E-state index is 14.2. The normalized spacial score (nSPS) is 18.9. The summed E-state index contributed by atoms with van der Waals surface area (Å²) in [5, 5.41) is 9.27. The Morgan fingerprint density at radius 3 is 2.60 bits per heavy atom. The summed E-state index contributed by atoms with van der Waals surface area (Å²) in [6, 6.07) is 10.5. The molecule has 1 spiro atoms. The van der Waals surface area contributed by atoms with E-state index in [1.165, 1.54) is 27.2 Å². The molecule has 2 aliphatic heterocycles. The molecule has 176 valence electrons. The second-order valence-corrected chi connectivity index (χ2v) is 9.76. The Bertz CT molecular complexity index is 1630. The SMILES string of the molecule is CCN1C(=O)C2(c3ccccc31)c1c(oc3ccc(F)cc3c1=O)C(=O)N2c1nnc(C(C)C)s1. The number of fused-ring (bicyclic) bond motifs is 5. The number of hydrogen-bond acceptors (Lipinski definition) is 7. The Morgan fingerprint density at radius 1 is 1.11 bits per heavy atom. The van der Waals surface area contributed by atoms with Crippen molar-refractivity contribution in [3.05, 3.63) is 80.4 Å². The van der Waals surface area contributed by atoms with E-state index in [9.17, 15) is 18.8 Å². The van der Waals surface area contributed by atoms with Gasteiger partial charge in [-0.15, -0.1) is 10.2 Å². The molecule has 35 heavy (non-hydrogen) atoms. The van der Waals surface area contributed by atoms with Crippen molar-refractivity contribution in [2.45, 2.75) is 32.2 Å². The van der Waals surface area contributed by atoms with Crippen LogP contribution >= 0.6 is 11.3 Å². The van der Waals surface area contributed by atoms with Crippen LogP contribution in [-0.2, 0) is 10.3 Å². The molecule has 0 saturated carbocycles. The van der Waals surface area contributed by atoms with Gasteiger partial charge >= 0.3 is 0 Å². The van der Waals surface area contributed by atoms with Crippen LogP contribution in [0.3, 0.4) is 0 Å². The summed E-state index contributed by atoms with van der Waals surface area (Å²) < 4.78 is 20.0. The minimum Gasteiger partial charge on any atom is -0.450 e. The molecule has 2 aromatic carbocycles. The van der Waals surface area contributed by atoms with Crippen LogP contribution < -0.4 is 15.2 Å². The summed E-state index contributed by atoms with van der Waals surface area (Å²) in [6.45, 7) is 6.02. The Morgan fingerprint density at radius 2 is 1.89 bits per heavy atom. The first-order valence-corrected chi connectivity index (χ1v) is 12.0. The molecule has 10 heteroatoms. The van der Waals surface area contributed by atoms with Crippen molar-refractivity contribution in [3.63, 3.8) is 0 Å². The fraction of sp³-hybridized carbons (Fsp3) is 0.240. The summed E-state index contributed by atoms with van der Waals surface area (Å²) >= 11 is 1.18. The molecule has 0 bridgehead atoms. The van der Waals surface area contributed by atoms with Crippen molar-refractivity contribution in [2.24, 2.45) is 0 Å². The van der Waals surface area contributed by atoms with Gasteiger partial charge in [0.05, 0.1) is 16.6 Å². The number of para-hydroxylation sites is 1. The lowest BCUT2D eigenvalue weighted by Crippen LogP contribution is -2.53. The van der Waals surface area contributed by atoms with Gasteiger partial charge in [0, 0.05) is 18.0 Å². The highest BCUT2D eigenvalue weighted by molar-refractivity contribution is 7.15. The smallest absolute Gasteiger partial charge is 0.297 e. The van der Waals surface area contributed by atoms with Gasteiger partial charge in [0.25, 0.3) is 11.8 Å². The van der Waals surface area contributed by atoms with Gasteiger partial charge in [-0.2, -0.15) is 0 Å². The molecule has 2 amide bonds. The third kappa shape index (κ3) is 2.62. The second kappa shape index (κ2) is 7.29. The number of nitrogens with zero attached hydrogens (tertiary/aromatic N) is 4. The number of halogens is 1. The molecule has 1 atom stereocenters. The number of rotatable bonds is 3. The zero-order valence-corrected chi connectivity index (χ0v) is 19.9. The van der Waals surface area contributed by atoms with E-state index in [2.05, 4.69) is 10.2 Å². The topological polar surface area (TPSA) is 96.6 Å². The number of anilines is 2. The summed E-state index contributed by atoms with van der Waals surface area (Å²) in [6.07, 6.45) is 0. The van der Waals surface area contributed by atoms with Gasteiger partial charge in [0.1, 0.15) is 16.4 Å². The van der Waals surface area contributed by atoms with Crippen LogP contribution in [0.5, 0.6) is 0 Å². The average molecular weight is 491 g/mol. The Labute approximate surface area is 202 Å². The standard InChI is InChI=1S/C25H19FN4O4S/c1-4-29-16-8-6-5-7-15(16)25(23(29)33)18-19(31)14-11-13(26)9-10-17(14)34-20(18)22(32)30(25)24-28-27-21(35-24)12(2)3/h5-12H,4H2,1-3H3. The molecule has 0 N–H and O–H groups in total. The quantitative estimate of drug-likeness (QED) is 0.428. The van der Waals surface area contributed by atoms with E-state index < -0.39 is 28.6 Å². The van der Waals surface area contributed by atoms with Crippen molar-refractivity contribution >= 4 is 44.9 Å². The lowest BCUT2D eigenvalue weighted by Gasteiger charge is -2.31. The Hall–Kier alpha value is -3.92. The fourth-order valence-corrected chi connectivity index (χ4v) is 5.90. The van der Waals surface area contributed by atoms with E-state index in [0.29, 0.717) is 22.8 Å². The van der Waals surface area contributed by atoms with Gasteiger partial charge in [-0.05, 0) is 31.2 Å². The first-order valence-electron chi connectivity index (χ1n) is 11.2. The zero-order valence-electron chi connectivity index (χ0n) is 19.0. The monoisotopic (exact) mass is 490 g/mol. The van der Waals surface area contributed by atoms with Crippen LogP contribution in [0, 0.1) is 5.82 Å². The molecule has 4 aromatic rings. The van der Waals surface area contributed by atoms with E-state index in [-0.39, 0.29) is 33.3 Å². The van der Waals surface area contributed by atoms with E-state index in [0.717, 1.165) is 12.1 Å². The molecule has 8 nitrogen and oxygen atoms in total. The van der Waals surface area contributed by atoms with Crippen LogP contribution in [0.1, 0.15) is 53.4 Å². The highest BCUT2D eigenvalue weighted by atomic mass is 32.1. The highest BCUT2D eigenvalue weighted by Crippen LogP contribution is 2.54. The maximum absolute atomic E-state index is 14.2. The number of likely N-dealkylation sites (N-methyl/N-ethyl adjacent to an activating group) is 1. The largest absolute Gasteiger partial charge is 0.450 e. The van der Waals surface area contributed by atoms with Gasteiger partial charge in [0.2, 0.25) is 10.9 Å². The molecule has 4 heterocycles. The third-order valence-corrected chi connectivity index (χ3v) is 7.73. The van der Waals surface area contributed by atoms with Crippen LogP contribution in [-0.4, -0.2) is 28.6 Å². The lowest BCUT2D eigenvalue weighted by molar-refractivity contribution is -0.121. The first-order chi connectivity index (χ1) is 16.8. The number of carbonyl (C=O) groups excluding carboxylic acids is 2. The van der Waals surface area contributed by atoms with E-state index in [4.69, 9.17) is 4.42 Å². The lowest BCUT2D eigenvalue weighted by atomic mass is 9.84. The van der Waals surface area contributed by atoms with Gasteiger partial charge in [0.15, 0.2) is 11.0 Å². The van der Waals surface area contributed by atoms with Crippen molar-refractivity contribution in [3.8, 4) is 0 Å². The van der Waals surface area contributed by atoms with Gasteiger partial charge in [-0.3, -0.25) is 19.3 Å². The number of amides is 2. The molecule has 0 aliphatic carbocycles. The molecule has 0 fully saturated rings. The Kier molecular flexibility index (Phi) is 4.50. The van der Waals surface area contributed by atoms with Crippen LogP contribution in [0.15, 0.2) is 51.7 Å². The van der Waals surface area contributed by atoms with Crippen LogP contribution in [0.25, 0.3) is 11.0 Å². The van der Waals surface area contributed by atoms with Crippen molar-refractivity contribution in [2.75, 3.05) is 16.3 Å². The predicted molar refractivity (Wildman–Crippen MR) is 128 cm³/mol. The average Bonchev–Trinajstić information content (AvgIpc) is 3.49. The molecular weight excluding hydrogens is 471 g/mol. The summed E-state index contributed by atoms with van der Waals surface area (Å²) in [5.41, 5.74) is -1.50. The van der Waals surface area contributed by atoms with Gasteiger partial charge < -0.3 is 9.32 Å². The summed E-state index contributed by atoms with van der Waals surface area (Å²) in [4.78, 5) is 44.9. The molecular formula is C25H19FN4O4S. The molecule has 6 rings (SSSR count). The third-order valence-electron chi connectivity index (χ3n) is 6.52. The second-order valence-electron chi connectivity index (χ2n) is 8.77. The molecule has 2 aromatic heterocycles.